The van der Waals surface area contributed by atoms with Gasteiger partial charge in [-0.25, -0.2) is 4.98 Å². The molecule has 1 saturated carbocycles. The van der Waals surface area contributed by atoms with Gasteiger partial charge >= 0.3 is 0 Å². The van der Waals surface area contributed by atoms with E-state index in [1.54, 1.807) is 18.0 Å². The van der Waals surface area contributed by atoms with Crippen molar-refractivity contribution in [3.05, 3.63) is 12.4 Å². The van der Waals surface area contributed by atoms with Crippen LogP contribution in [-0.2, 0) is 0 Å². The Kier molecular flexibility index (Phi) is 3.07. The molecule has 3 N–H and O–H groups in total. The van der Waals surface area contributed by atoms with Crippen molar-refractivity contribution in [1.82, 2.24) is 9.97 Å². The fourth-order valence-electron chi connectivity index (χ4n) is 2.13. The molecule has 0 aliphatic heterocycles. The molecule has 0 radical (unpaired) electrons. The average molecular weight is 225 g/mol. The molecule has 0 spiro atoms. The van der Waals surface area contributed by atoms with Crippen LogP contribution in [0.4, 0.5) is 0 Å². The zero-order chi connectivity index (χ0) is 10.9. The minimum absolute atomic E-state index is 0.313. The number of thioether (sulfide) groups is 1. The van der Waals surface area contributed by atoms with Gasteiger partial charge in [0, 0.05) is 23.7 Å². The van der Waals surface area contributed by atoms with Crippen LogP contribution in [0.3, 0.4) is 0 Å². The Hall–Kier alpha value is -0.480. The summed E-state index contributed by atoms with van der Waals surface area (Å²) in [6.45, 7) is 4.66. The molecule has 0 aromatic carbocycles. The highest BCUT2D eigenvalue weighted by Crippen LogP contribution is 2.41. The lowest BCUT2D eigenvalue weighted by Gasteiger charge is -2.38. The van der Waals surface area contributed by atoms with Crippen LogP contribution in [-0.4, -0.2) is 21.3 Å². The largest absolute Gasteiger partial charge is 0.340 e. The Balaban J connectivity index is 2.01. The molecule has 1 aromatic rings. The van der Waals surface area contributed by atoms with Crippen molar-refractivity contribution in [2.45, 2.75) is 49.6 Å². The lowest BCUT2D eigenvalue weighted by atomic mass is 9.75. The van der Waals surface area contributed by atoms with Crippen LogP contribution < -0.4 is 5.73 Å². The number of imidazole rings is 1. The third-order valence-corrected chi connectivity index (χ3v) is 4.39. The van der Waals surface area contributed by atoms with E-state index in [1.165, 1.54) is 12.8 Å². The monoisotopic (exact) mass is 225 g/mol. The number of nitrogens with two attached hydrogens (primary N) is 1. The summed E-state index contributed by atoms with van der Waals surface area (Å²) in [6, 6.07) is 0.313. The Morgan fingerprint density at radius 3 is 3.07 bits per heavy atom. The van der Waals surface area contributed by atoms with E-state index in [1.807, 2.05) is 6.20 Å². The lowest BCUT2D eigenvalue weighted by Crippen LogP contribution is -2.41. The summed E-state index contributed by atoms with van der Waals surface area (Å²) in [5.41, 5.74) is 6.58. The number of nitrogens with zero attached hydrogens (tertiary/aromatic N) is 1. The molecule has 0 amide bonds. The molecule has 15 heavy (non-hydrogen) atoms. The van der Waals surface area contributed by atoms with Gasteiger partial charge in [-0.15, -0.1) is 0 Å². The van der Waals surface area contributed by atoms with Gasteiger partial charge in [0.2, 0.25) is 0 Å². The Morgan fingerprint density at radius 2 is 2.40 bits per heavy atom. The summed E-state index contributed by atoms with van der Waals surface area (Å²) in [5, 5.41) is 1.49. The number of H-pyrrole nitrogens is 1. The van der Waals surface area contributed by atoms with E-state index in [0.29, 0.717) is 16.7 Å². The molecule has 1 aliphatic carbocycles. The maximum Gasteiger partial charge on any atom is 0.165 e. The van der Waals surface area contributed by atoms with Crippen LogP contribution in [0.1, 0.15) is 33.1 Å². The zero-order valence-electron chi connectivity index (χ0n) is 9.36. The molecule has 2 unspecified atom stereocenters. The van der Waals surface area contributed by atoms with Crippen LogP contribution in [0.15, 0.2) is 17.6 Å². The molecule has 0 bridgehead atoms. The quantitative estimate of drug-likeness (QED) is 0.812. The van der Waals surface area contributed by atoms with E-state index in [2.05, 4.69) is 23.8 Å². The number of rotatable bonds is 2. The minimum Gasteiger partial charge on any atom is -0.340 e. The third kappa shape index (κ3) is 2.75. The van der Waals surface area contributed by atoms with Crippen LogP contribution in [0.5, 0.6) is 0 Å². The Bertz CT molecular complexity index is 308. The second kappa shape index (κ2) is 4.18. The van der Waals surface area contributed by atoms with Gasteiger partial charge in [-0.05, 0) is 24.7 Å². The van der Waals surface area contributed by atoms with Crippen LogP contribution in [0, 0.1) is 5.41 Å². The standard InChI is InChI=1S/C11H19N3S/c1-11(2)4-3-8(12)9(7-11)15-10-13-5-6-14-10/h5-6,8-9H,3-4,7,12H2,1-2H3,(H,13,14). The van der Waals surface area contributed by atoms with Gasteiger partial charge in [0.15, 0.2) is 5.16 Å². The molecule has 0 saturated heterocycles. The van der Waals surface area contributed by atoms with E-state index >= 15 is 0 Å². The highest BCUT2D eigenvalue weighted by Gasteiger charge is 2.33. The predicted molar refractivity (Wildman–Crippen MR) is 63.8 cm³/mol. The predicted octanol–water partition coefficient (Wildman–Crippen LogP) is 2.41. The average Bonchev–Trinajstić information content (AvgIpc) is 2.64. The maximum absolute atomic E-state index is 6.15. The number of hydrogen-bond acceptors (Lipinski definition) is 3. The molecule has 3 nitrogen and oxygen atoms in total. The van der Waals surface area contributed by atoms with E-state index < -0.39 is 0 Å². The second-order valence-electron chi connectivity index (χ2n) is 5.12. The molecule has 2 atom stereocenters. The molecule has 4 heteroatoms. The number of hydrogen-bond donors (Lipinski definition) is 2. The van der Waals surface area contributed by atoms with Gasteiger partial charge < -0.3 is 10.7 Å². The van der Waals surface area contributed by atoms with E-state index in [0.717, 1.165) is 11.6 Å². The molecule has 1 fully saturated rings. The summed E-state index contributed by atoms with van der Waals surface area (Å²) < 4.78 is 0. The lowest BCUT2D eigenvalue weighted by molar-refractivity contribution is 0.232. The van der Waals surface area contributed by atoms with E-state index in [-0.39, 0.29) is 0 Å². The summed E-state index contributed by atoms with van der Waals surface area (Å²) in [7, 11) is 0. The van der Waals surface area contributed by atoms with E-state index in [4.69, 9.17) is 5.73 Å². The van der Waals surface area contributed by atoms with Crippen molar-refractivity contribution in [3.63, 3.8) is 0 Å². The van der Waals surface area contributed by atoms with Gasteiger partial charge in [0.1, 0.15) is 0 Å². The first kappa shape index (κ1) is 11.0. The molecular weight excluding hydrogens is 206 g/mol. The Morgan fingerprint density at radius 1 is 1.60 bits per heavy atom. The maximum atomic E-state index is 6.15. The molecule has 2 rings (SSSR count). The number of nitrogens with one attached hydrogen (secondary N) is 1. The fourth-order valence-corrected chi connectivity index (χ4v) is 3.52. The fraction of sp³-hybridized carbons (Fsp3) is 0.727. The first-order valence-electron chi connectivity index (χ1n) is 5.48. The molecular formula is C11H19N3S. The topological polar surface area (TPSA) is 54.7 Å². The SMILES string of the molecule is CC1(C)CCC(N)C(Sc2ncc[nH]2)C1. The highest BCUT2D eigenvalue weighted by molar-refractivity contribution is 7.99. The first-order chi connectivity index (χ1) is 7.07. The normalized spacial score (nSPS) is 30.3. The first-order valence-corrected chi connectivity index (χ1v) is 6.36. The minimum atomic E-state index is 0.313. The smallest absolute Gasteiger partial charge is 0.165 e. The molecule has 1 heterocycles. The number of aromatic nitrogens is 2. The summed E-state index contributed by atoms with van der Waals surface area (Å²) in [4.78, 5) is 7.37. The third-order valence-electron chi connectivity index (χ3n) is 3.12. The van der Waals surface area contributed by atoms with Crippen molar-refractivity contribution in [2.75, 3.05) is 0 Å². The molecule has 84 valence electrons. The van der Waals surface area contributed by atoms with Crippen molar-refractivity contribution in [2.24, 2.45) is 11.1 Å². The zero-order valence-corrected chi connectivity index (χ0v) is 10.2. The molecule has 1 aliphatic rings. The van der Waals surface area contributed by atoms with Crippen molar-refractivity contribution in [1.29, 1.82) is 0 Å². The van der Waals surface area contributed by atoms with Crippen molar-refractivity contribution >= 4 is 11.8 Å². The van der Waals surface area contributed by atoms with Crippen LogP contribution in [0.25, 0.3) is 0 Å². The van der Waals surface area contributed by atoms with E-state index in [9.17, 15) is 0 Å². The van der Waals surface area contributed by atoms with Gasteiger partial charge in [-0.1, -0.05) is 25.6 Å². The van der Waals surface area contributed by atoms with Crippen molar-refractivity contribution in [3.8, 4) is 0 Å². The second-order valence-corrected chi connectivity index (χ2v) is 6.35. The van der Waals surface area contributed by atoms with Gasteiger partial charge in [-0.2, -0.15) is 0 Å². The summed E-state index contributed by atoms with van der Waals surface area (Å²) in [6.07, 6.45) is 7.21. The summed E-state index contributed by atoms with van der Waals surface area (Å²) in [5.74, 6) is 0. The number of aromatic amines is 1. The van der Waals surface area contributed by atoms with Gasteiger partial charge in [0.25, 0.3) is 0 Å². The van der Waals surface area contributed by atoms with Crippen molar-refractivity contribution < 1.29 is 0 Å². The molecule has 1 aromatic heterocycles. The highest BCUT2D eigenvalue weighted by atomic mass is 32.2. The van der Waals surface area contributed by atoms with Gasteiger partial charge in [0.05, 0.1) is 0 Å². The van der Waals surface area contributed by atoms with Crippen LogP contribution >= 0.6 is 11.8 Å². The van der Waals surface area contributed by atoms with Gasteiger partial charge in [-0.3, -0.25) is 0 Å². The van der Waals surface area contributed by atoms with Crippen LogP contribution in [0.2, 0.25) is 0 Å². The summed E-state index contributed by atoms with van der Waals surface area (Å²) >= 11 is 1.79. The Labute approximate surface area is 95.2 Å².